The number of carbonyl (C=O) groups is 1. The van der Waals surface area contributed by atoms with E-state index < -0.39 is 12.0 Å². The van der Waals surface area contributed by atoms with Crippen LogP contribution < -0.4 is 4.74 Å². The number of fused-ring (bicyclic) bond motifs is 1. The predicted molar refractivity (Wildman–Crippen MR) is 61.0 cm³/mol. The summed E-state index contributed by atoms with van der Waals surface area (Å²) >= 11 is 0. The molecule has 6 heteroatoms. The Hall–Kier alpha value is -2.11. The summed E-state index contributed by atoms with van der Waals surface area (Å²) in [6.07, 6.45) is 0.438. The highest BCUT2D eigenvalue weighted by Crippen LogP contribution is 2.19. The number of benzene rings is 1. The average molecular weight is 235 g/mol. The number of aromatic nitrogens is 3. The average Bonchev–Trinajstić information content (AvgIpc) is 2.71. The number of carboxylic acids is 1. The quantitative estimate of drug-likeness (QED) is 0.868. The first-order valence-electron chi connectivity index (χ1n) is 5.29. The van der Waals surface area contributed by atoms with E-state index in [1.54, 1.807) is 32.2 Å². The van der Waals surface area contributed by atoms with Crippen molar-refractivity contribution in [3.8, 4) is 5.75 Å². The van der Waals surface area contributed by atoms with Crippen LogP contribution in [0.2, 0.25) is 0 Å². The van der Waals surface area contributed by atoms with Gasteiger partial charge in [0, 0.05) is 6.07 Å². The minimum atomic E-state index is -0.931. The van der Waals surface area contributed by atoms with Gasteiger partial charge >= 0.3 is 5.97 Å². The summed E-state index contributed by atoms with van der Waals surface area (Å²) < 4.78 is 5.07. The molecule has 17 heavy (non-hydrogen) atoms. The van der Waals surface area contributed by atoms with Crippen molar-refractivity contribution >= 4 is 17.0 Å². The highest BCUT2D eigenvalue weighted by Gasteiger charge is 2.20. The van der Waals surface area contributed by atoms with Crippen LogP contribution in [0.4, 0.5) is 0 Å². The van der Waals surface area contributed by atoms with Crippen molar-refractivity contribution in [1.29, 1.82) is 0 Å². The normalized spacial score (nSPS) is 12.6. The number of ether oxygens (including phenoxy) is 1. The largest absolute Gasteiger partial charge is 0.497 e. The van der Waals surface area contributed by atoms with E-state index in [1.165, 1.54) is 4.80 Å². The van der Waals surface area contributed by atoms with E-state index in [-0.39, 0.29) is 0 Å². The van der Waals surface area contributed by atoms with E-state index in [2.05, 4.69) is 10.2 Å². The summed E-state index contributed by atoms with van der Waals surface area (Å²) in [6, 6.07) is 4.52. The summed E-state index contributed by atoms with van der Waals surface area (Å²) in [6.45, 7) is 1.79. The van der Waals surface area contributed by atoms with Crippen LogP contribution in [0.1, 0.15) is 19.4 Å². The number of aliphatic carboxylic acids is 1. The van der Waals surface area contributed by atoms with Gasteiger partial charge in [0.1, 0.15) is 16.8 Å². The molecule has 0 aliphatic rings. The van der Waals surface area contributed by atoms with E-state index in [9.17, 15) is 4.79 Å². The molecule has 0 fully saturated rings. The van der Waals surface area contributed by atoms with Gasteiger partial charge < -0.3 is 9.84 Å². The van der Waals surface area contributed by atoms with Crippen LogP contribution in [0.3, 0.4) is 0 Å². The minimum Gasteiger partial charge on any atom is -0.497 e. The molecule has 0 radical (unpaired) electrons. The summed E-state index contributed by atoms with van der Waals surface area (Å²) in [5.74, 6) is -0.257. The maximum Gasteiger partial charge on any atom is 0.330 e. The summed E-state index contributed by atoms with van der Waals surface area (Å²) in [4.78, 5) is 12.2. The molecular formula is C11H13N3O3. The summed E-state index contributed by atoms with van der Waals surface area (Å²) in [5.41, 5.74) is 1.29. The van der Waals surface area contributed by atoms with Crippen molar-refractivity contribution < 1.29 is 14.6 Å². The Kier molecular flexibility index (Phi) is 2.95. The van der Waals surface area contributed by atoms with E-state index in [0.717, 1.165) is 0 Å². The van der Waals surface area contributed by atoms with Crippen molar-refractivity contribution in [3.63, 3.8) is 0 Å². The Bertz CT molecular complexity index is 550. The molecular weight excluding hydrogens is 222 g/mol. The van der Waals surface area contributed by atoms with Gasteiger partial charge in [0.25, 0.3) is 0 Å². The monoisotopic (exact) mass is 235 g/mol. The zero-order valence-corrected chi connectivity index (χ0v) is 9.62. The van der Waals surface area contributed by atoms with Gasteiger partial charge in [0.2, 0.25) is 0 Å². The van der Waals surface area contributed by atoms with E-state index in [0.29, 0.717) is 23.2 Å². The van der Waals surface area contributed by atoms with Gasteiger partial charge in [-0.15, -0.1) is 0 Å². The second-order valence-electron chi connectivity index (χ2n) is 3.64. The van der Waals surface area contributed by atoms with Crippen LogP contribution in [-0.2, 0) is 4.79 Å². The molecule has 6 nitrogen and oxygen atoms in total. The molecule has 0 saturated heterocycles. The zero-order chi connectivity index (χ0) is 12.4. The molecule has 1 aromatic carbocycles. The smallest absolute Gasteiger partial charge is 0.330 e. The second-order valence-corrected chi connectivity index (χ2v) is 3.64. The molecule has 0 spiro atoms. The summed E-state index contributed by atoms with van der Waals surface area (Å²) in [7, 11) is 1.57. The highest BCUT2D eigenvalue weighted by molar-refractivity contribution is 5.76. The lowest BCUT2D eigenvalue weighted by Gasteiger charge is -2.06. The zero-order valence-electron chi connectivity index (χ0n) is 9.62. The Morgan fingerprint density at radius 3 is 2.76 bits per heavy atom. The number of carboxylic acid groups (broad SMARTS) is 1. The van der Waals surface area contributed by atoms with Crippen molar-refractivity contribution in [1.82, 2.24) is 15.0 Å². The second kappa shape index (κ2) is 4.40. The number of hydrogen-bond acceptors (Lipinski definition) is 4. The Morgan fingerprint density at radius 2 is 2.18 bits per heavy atom. The third-order valence-corrected chi connectivity index (χ3v) is 2.55. The van der Waals surface area contributed by atoms with Crippen LogP contribution >= 0.6 is 0 Å². The fraction of sp³-hybridized carbons (Fsp3) is 0.364. The molecule has 0 bridgehead atoms. The molecule has 1 atom stereocenters. The molecule has 1 N–H and O–H groups in total. The maximum atomic E-state index is 11.0. The molecule has 90 valence electrons. The molecule has 0 aliphatic heterocycles. The third-order valence-electron chi connectivity index (χ3n) is 2.55. The first-order valence-corrected chi connectivity index (χ1v) is 5.29. The first-order chi connectivity index (χ1) is 8.15. The van der Waals surface area contributed by atoms with Gasteiger partial charge in [0.15, 0.2) is 6.04 Å². The summed E-state index contributed by atoms with van der Waals surface area (Å²) in [5, 5.41) is 17.3. The Morgan fingerprint density at radius 1 is 1.47 bits per heavy atom. The fourth-order valence-corrected chi connectivity index (χ4v) is 1.61. The molecule has 0 amide bonds. The van der Waals surface area contributed by atoms with E-state index in [1.807, 2.05) is 0 Å². The van der Waals surface area contributed by atoms with E-state index in [4.69, 9.17) is 9.84 Å². The lowest BCUT2D eigenvalue weighted by Crippen LogP contribution is -2.20. The highest BCUT2D eigenvalue weighted by atomic mass is 16.5. The molecule has 1 unspecified atom stereocenters. The molecule has 0 saturated carbocycles. The van der Waals surface area contributed by atoms with Crippen molar-refractivity contribution in [2.24, 2.45) is 0 Å². The van der Waals surface area contributed by atoms with Gasteiger partial charge in [-0.2, -0.15) is 15.0 Å². The SMILES string of the molecule is CCC(C(=O)O)n1nc2ccc(OC)cc2n1. The van der Waals surface area contributed by atoms with Crippen LogP contribution in [0.5, 0.6) is 5.75 Å². The minimum absolute atomic E-state index is 0.438. The lowest BCUT2D eigenvalue weighted by atomic mass is 10.2. The fourth-order valence-electron chi connectivity index (χ4n) is 1.61. The van der Waals surface area contributed by atoms with Crippen LogP contribution in [-0.4, -0.2) is 33.2 Å². The molecule has 0 aliphatic carbocycles. The number of rotatable bonds is 4. The maximum absolute atomic E-state index is 11.0. The predicted octanol–water partition coefficient (Wildman–Crippen LogP) is 1.48. The van der Waals surface area contributed by atoms with Crippen molar-refractivity contribution in [3.05, 3.63) is 18.2 Å². The molecule has 1 aromatic heterocycles. The molecule has 2 rings (SSSR count). The number of methoxy groups -OCH3 is 1. The van der Waals surface area contributed by atoms with Crippen LogP contribution in [0.15, 0.2) is 18.2 Å². The molecule has 1 heterocycles. The van der Waals surface area contributed by atoms with Gasteiger partial charge in [-0.3, -0.25) is 0 Å². The lowest BCUT2D eigenvalue weighted by molar-refractivity contribution is -0.141. The molecule has 2 aromatic rings. The number of hydrogen-bond donors (Lipinski definition) is 1. The standard InChI is InChI=1S/C11H13N3O3/c1-3-10(11(15)16)14-12-8-5-4-7(17-2)6-9(8)13-14/h4-6,10H,3H2,1-2H3,(H,15,16). The van der Waals surface area contributed by atoms with Crippen molar-refractivity contribution in [2.75, 3.05) is 7.11 Å². The van der Waals surface area contributed by atoms with Gasteiger partial charge in [-0.25, -0.2) is 4.79 Å². The van der Waals surface area contributed by atoms with Crippen molar-refractivity contribution in [2.45, 2.75) is 19.4 Å². The van der Waals surface area contributed by atoms with Gasteiger partial charge in [0.05, 0.1) is 7.11 Å². The van der Waals surface area contributed by atoms with Gasteiger partial charge in [-0.1, -0.05) is 6.92 Å². The Balaban J connectivity index is 2.46. The third kappa shape index (κ3) is 2.06. The first kappa shape index (κ1) is 11.4. The van der Waals surface area contributed by atoms with Crippen LogP contribution in [0, 0.1) is 0 Å². The van der Waals surface area contributed by atoms with E-state index >= 15 is 0 Å². The topological polar surface area (TPSA) is 77.2 Å². The Labute approximate surface area is 97.8 Å². The van der Waals surface area contributed by atoms with Gasteiger partial charge in [-0.05, 0) is 18.6 Å². The van der Waals surface area contributed by atoms with Crippen LogP contribution in [0.25, 0.3) is 11.0 Å². The number of nitrogens with zero attached hydrogens (tertiary/aromatic N) is 3.